The average Bonchev–Trinajstić information content (AvgIpc) is 2.89. The molecule has 0 saturated carbocycles. The molecule has 26 heavy (non-hydrogen) atoms. The fourth-order valence-corrected chi connectivity index (χ4v) is 4.02. The topological polar surface area (TPSA) is 27.3 Å². The molecule has 3 aromatic rings. The molecule has 5 rings (SSSR count). The van der Waals surface area contributed by atoms with Gasteiger partial charge in [-0.05, 0) is 49.6 Å². The van der Waals surface area contributed by atoms with Gasteiger partial charge in [0.1, 0.15) is 25.1 Å². The lowest BCUT2D eigenvalue weighted by Crippen LogP contribution is -2.38. The van der Waals surface area contributed by atoms with E-state index in [2.05, 4.69) is 57.8 Å². The summed E-state index contributed by atoms with van der Waals surface area (Å²) in [5, 5.41) is 0. The number of fused-ring (bicyclic) bond motifs is 2. The van der Waals surface area contributed by atoms with Crippen molar-refractivity contribution in [2.45, 2.75) is 32.2 Å². The van der Waals surface area contributed by atoms with Gasteiger partial charge in [0.25, 0.3) is 5.82 Å². The second-order valence-electron chi connectivity index (χ2n) is 6.96. The Morgan fingerprint density at radius 1 is 0.846 bits per heavy atom. The highest BCUT2D eigenvalue weighted by atomic mass is 16.6. The van der Waals surface area contributed by atoms with Crippen LogP contribution in [0.5, 0.6) is 11.5 Å². The molecule has 2 aliphatic rings. The maximum atomic E-state index is 5.80. The summed E-state index contributed by atoms with van der Waals surface area (Å²) in [6.45, 7) is 2.31. The third kappa shape index (κ3) is 2.66. The van der Waals surface area contributed by atoms with Crippen LogP contribution in [0.15, 0.2) is 54.7 Å². The zero-order valence-corrected chi connectivity index (χ0v) is 14.9. The van der Waals surface area contributed by atoms with Crippen LogP contribution in [0.25, 0.3) is 16.9 Å². The molecular formula is C22H23N2O2+. The van der Waals surface area contributed by atoms with Crippen LogP contribution >= 0.6 is 0 Å². The number of nitrogens with zero attached hydrogens (tertiary/aromatic N) is 2. The SMILES string of the molecule is c1ccc(-n2cc(-c3ccc4c(c3)OCCO4)[n+]3c2CCCCC3)cc1. The molecule has 0 unspecified atom stereocenters. The number of hydrogen-bond acceptors (Lipinski definition) is 2. The lowest BCUT2D eigenvalue weighted by atomic mass is 10.1. The van der Waals surface area contributed by atoms with Gasteiger partial charge in [-0.15, -0.1) is 0 Å². The monoisotopic (exact) mass is 347 g/mol. The Labute approximate surface area is 153 Å². The minimum Gasteiger partial charge on any atom is -0.486 e. The molecule has 0 N–H and O–H groups in total. The summed E-state index contributed by atoms with van der Waals surface area (Å²) in [5.41, 5.74) is 3.66. The molecule has 0 aliphatic carbocycles. The molecule has 4 heteroatoms. The molecule has 0 saturated heterocycles. The van der Waals surface area contributed by atoms with E-state index in [0.29, 0.717) is 13.2 Å². The van der Waals surface area contributed by atoms with Crippen LogP contribution in [0, 0.1) is 0 Å². The first kappa shape index (κ1) is 15.5. The van der Waals surface area contributed by atoms with Crippen LogP contribution in [0.2, 0.25) is 0 Å². The second kappa shape index (κ2) is 6.52. The summed E-state index contributed by atoms with van der Waals surface area (Å²) < 4.78 is 16.3. The Morgan fingerprint density at radius 3 is 2.58 bits per heavy atom. The van der Waals surface area contributed by atoms with E-state index < -0.39 is 0 Å². The Hall–Kier alpha value is -2.75. The number of aromatic nitrogens is 2. The largest absolute Gasteiger partial charge is 0.486 e. The first-order valence-electron chi connectivity index (χ1n) is 9.50. The number of imidazole rings is 1. The molecule has 0 amide bonds. The molecule has 0 radical (unpaired) electrons. The highest BCUT2D eigenvalue weighted by Gasteiger charge is 2.27. The van der Waals surface area contributed by atoms with E-state index in [-0.39, 0.29) is 0 Å². The van der Waals surface area contributed by atoms with Gasteiger partial charge in [0, 0.05) is 12.0 Å². The first-order valence-corrected chi connectivity index (χ1v) is 9.50. The van der Waals surface area contributed by atoms with Crippen molar-refractivity contribution >= 4 is 0 Å². The van der Waals surface area contributed by atoms with Gasteiger partial charge in [0.15, 0.2) is 17.2 Å². The molecule has 2 aliphatic heterocycles. The van der Waals surface area contributed by atoms with Gasteiger partial charge >= 0.3 is 0 Å². The second-order valence-corrected chi connectivity index (χ2v) is 6.96. The van der Waals surface area contributed by atoms with Gasteiger partial charge in [-0.3, -0.25) is 0 Å². The Morgan fingerprint density at radius 2 is 1.69 bits per heavy atom. The standard InChI is InChI=1S/C22H23N2O2/c1-3-7-18(8-4-1)24-16-19(23-12-6-2-5-9-22(23)24)17-10-11-20-21(15-17)26-14-13-25-20/h1,3-4,7-8,10-11,15-16H,2,5-6,9,12-14H2/q+1. The van der Waals surface area contributed by atoms with E-state index in [0.717, 1.165) is 24.5 Å². The molecule has 0 fully saturated rings. The van der Waals surface area contributed by atoms with E-state index in [1.807, 2.05) is 6.07 Å². The fourth-order valence-electron chi connectivity index (χ4n) is 4.02. The molecule has 3 heterocycles. The number of benzene rings is 2. The molecule has 132 valence electrons. The van der Waals surface area contributed by atoms with Gasteiger partial charge in [-0.1, -0.05) is 18.2 Å². The van der Waals surface area contributed by atoms with Crippen molar-refractivity contribution in [1.29, 1.82) is 0 Å². The molecule has 0 spiro atoms. The summed E-state index contributed by atoms with van der Waals surface area (Å²) in [4.78, 5) is 0. The van der Waals surface area contributed by atoms with E-state index >= 15 is 0 Å². The van der Waals surface area contributed by atoms with Gasteiger partial charge in [-0.25, -0.2) is 4.57 Å². The maximum Gasteiger partial charge on any atom is 0.262 e. The highest BCUT2D eigenvalue weighted by molar-refractivity contribution is 5.62. The van der Waals surface area contributed by atoms with Gasteiger partial charge in [0.2, 0.25) is 0 Å². The van der Waals surface area contributed by atoms with Crippen LogP contribution in [0.1, 0.15) is 25.1 Å². The third-order valence-electron chi connectivity index (χ3n) is 5.29. The van der Waals surface area contributed by atoms with Crippen LogP contribution < -0.4 is 14.0 Å². The molecule has 0 bridgehead atoms. The molecule has 0 atom stereocenters. The van der Waals surface area contributed by atoms with E-state index in [1.165, 1.54) is 42.0 Å². The summed E-state index contributed by atoms with van der Waals surface area (Å²) in [6, 6.07) is 16.9. The molecule has 4 nitrogen and oxygen atoms in total. The van der Waals surface area contributed by atoms with Crippen molar-refractivity contribution in [2.24, 2.45) is 0 Å². The Bertz CT molecular complexity index is 931. The highest BCUT2D eigenvalue weighted by Crippen LogP contribution is 2.34. The fraction of sp³-hybridized carbons (Fsp3) is 0.318. The molecule has 2 aromatic carbocycles. The van der Waals surface area contributed by atoms with Crippen LogP contribution in [0.3, 0.4) is 0 Å². The maximum absolute atomic E-state index is 5.80. The molecular weight excluding hydrogens is 324 g/mol. The Kier molecular flexibility index (Phi) is 3.89. The predicted octanol–water partition coefficient (Wildman–Crippen LogP) is 3.93. The zero-order valence-electron chi connectivity index (χ0n) is 14.9. The minimum atomic E-state index is 0.618. The lowest BCUT2D eigenvalue weighted by molar-refractivity contribution is -0.692. The quantitative estimate of drug-likeness (QED) is 0.657. The number of rotatable bonds is 2. The lowest BCUT2D eigenvalue weighted by Gasteiger charge is -2.18. The third-order valence-corrected chi connectivity index (χ3v) is 5.29. The Balaban J connectivity index is 1.66. The van der Waals surface area contributed by atoms with E-state index in [9.17, 15) is 0 Å². The van der Waals surface area contributed by atoms with Crippen molar-refractivity contribution < 1.29 is 14.0 Å². The smallest absolute Gasteiger partial charge is 0.262 e. The van der Waals surface area contributed by atoms with Crippen molar-refractivity contribution in [1.82, 2.24) is 4.57 Å². The van der Waals surface area contributed by atoms with Crippen LogP contribution in [-0.4, -0.2) is 17.8 Å². The van der Waals surface area contributed by atoms with E-state index in [1.54, 1.807) is 0 Å². The predicted molar refractivity (Wildman–Crippen MR) is 99.9 cm³/mol. The summed E-state index contributed by atoms with van der Waals surface area (Å²) in [6.07, 6.45) is 7.16. The van der Waals surface area contributed by atoms with Gasteiger partial charge in [-0.2, -0.15) is 4.57 Å². The first-order chi connectivity index (χ1) is 12.9. The van der Waals surface area contributed by atoms with Gasteiger partial charge < -0.3 is 9.47 Å². The minimum absolute atomic E-state index is 0.618. The van der Waals surface area contributed by atoms with Crippen LogP contribution in [-0.2, 0) is 13.0 Å². The zero-order chi connectivity index (χ0) is 17.3. The summed E-state index contributed by atoms with van der Waals surface area (Å²) in [7, 11) is 0. The summed E-state index contributed by atoms with van der Waals surface area (Å²) >= 11 is 0. The van der Waals surface area contributed by atoms with Crippen molar-refractivity contribution in [3.8, 4) is 28.4 Å². The normalized spacial score (nSPS) is 16.0. The van der Waals surface area contributed by atoms with Crippen LogP contribution in [0.4, 0.5) is 0 Å². The van der Waals surface area contributed by atoms with Gasteiger partial charge in [0.05, 0.1) is 6.54 Å². The number of hydrogen-bond donors (Lipinski definition) is 0. The summed E-state index contributed by atoms with van der Waals surface area (Å²) in [5.74, 6) is 3.08. The van der Waals surface area contributed by atoms with E-state index in [4.69, 9.17) is 9.47 Å². The van der Waals surface area contributed by atoms with Crippen molar-refractivity contribution in [3.63, 3.8) is 0 Å². The number of ether oxygens (including phenoxy) is 2. The number of para-hydroxylation sites is 1. The molecule has 1 aromatic heterocycles. The van der Waals surface area contributed by atoms with Crippen molar-refractivity contribution in [3.05, 3.63) is 60.6 Å². The average molecular weight is 347 g/mol. The van der Waals surface area contributed by atoms with Crippen molar-refractivity contribution in [2.75, 3.05) is 13.2 Å².